The summed E-state index contributed by atoms with van der Waals surface area (Å²) in [5, 5.41) is 25.7. The van der Waals surface area contributed by atoms with Crippen LogP contribution in [-0.2, 0) is 4.79 Å². The second-order valence-corrected chi connectivity index (χ2v) is 8.59. The van der Waals surface area contributed by atoms with Crippen molar-refractivity contribution in [1.82, 2.24) is 10.2 Å². The van der Waals surface area contributed by atoms with E-state index in [0.29, 0.717) is 15.2 Å². The van der Waals surface area contributed by atoms with Gasteiger partial charge in [-0.25, -0.2) is 0 Å². The molecule has 29 heavy (non-hydrogen) atoms. The highest BCUT2D eigenvalue weighted by Gasteiger charge is 2.13. The minimum absolute atomic E-state index is 0.0651. The summed E-state index contributed by atoms with van der Waals surface area (Å²) in [5.74, 6) is -0.141. The smallest absolute Gasteiger partial charge is 0.271 e. The van der Waals surface area contributed by atoms with Crippen LogP contribution in [0.4, 0.5) is 22.2 Å². The Labute approximate surface area is 175 Å². The van der Waals surface area contributed by atoms with E-state index >= 15 is 0 Å². The van der Waals surface area contributed by atoms with Crippen molar-refractivity contribution >= 4 is 51.2 Å². The predicted molar refractivity (Wildman–Crippen MR) is 116 cm³/mol. The molecule has 0 aliphatic heterocycles. The number of hydrogen-bond donors (Lipinski definition) is 2. The molecule has 0 aliphatic carbocycles. The number of carbonyl (C=O) groups is 1. The van der Waals surface area contributed by atoms with E-state index in [2.05, 4.69) is 27.8 Å². The molecule has 2 N–H and O–H groups in total. The number of nitro benzene ring substituents is 1. The van der Waals surface area contributed by atoms with Crippen LogP contribution >= 0.6 is 23.1 Å². The summed E-state index contributed by atoms with van der Waals surface area (Å²) in [5.41, 5.74) is 4.45. The third kappa shape index (κ3) is 5.52. The number of nitro groups is 1. The van der Waals surface area contributed by atoms with Gasteiger partial charge in [0.1, 0.15) is 0 Å². The molecule has 1 heterocycles. The molecular formula is C19H19N5O3S2. The molecule has 0 saturated carbocycles. The van der Waals surface area contributed by atoms with Crippen LogP contribution in [0.3, 0.4) is 0 Å². The van der Waals surface area contributed by atoms with Crippen molar-refractivity contribution in [1.29, 1.82) is 0 Å². The molecule has 3 rings (SSSR count). The maximum absolute atomic E-state index is 12.2. The van der Waals surface area contributed by atoms with E-state index < -0.39 is 4.92 Å². The lowest BCUT2D eigenvalue weighted by molar-refractivity contribution is -0.384. The van der Waals surface area contributed by atoms with Gasteiger partial charge in [0.25, 0.3) is 5.69 Å². The van der Waals surface area contributed by atoms with Gasteiger partial charge in [-0.3, -0.25) is 14.9 Å². The summed E-state index contributed by atoms with van der Waals surface area (Å²) in [6, 6.07) is 10.4. The minimum atomic E-state index is -0.491. The second-order valence-electron chi connectivity index (χ2n) is 6.39. The van der Waals surface area contributed by atoms with E-state index in [4.69, 9.17) is 0 Å². The molecule has 0 bridgehead atoms. The number of nitrogens with zero attached hydrogens (tertiary/aromatic N) is 3. The topological polar surface area (TPSA) is 110 Å². The molecule has 3 aromatic rings. The Hall–Kier alpha value is -2.98. The molecule has 0 atom stereocenters. The number of thioether (sulfide) groups is 1. The van der Waals surface area contributed by atoms with Crippen molar-refractivity contribution in [3.05, 3.63) is 63.2 Å². The van der Waals surface area contributed by atoms with Gasteiger partial charge in [-0.15, -0.1) is 10.2 Å². The molecule has 0 spiro atoms. The Bertz CT molecular complexity index is 1070. The molecule has 0 radical (unpaired) electrons. The SMILES string of the molecule is Cc1ccc(Nc2nnc(SCC(=O)Nc3cc([N+](=O)[O-])ccc3C)s2)cc1C. The fourth-order valence-electron chi connectivity index (χ4n) is 2.43. The first-order valence-electron chi connectivity index (χ1n) is 8.67. The van der Waals surface area contributed by atoms with E-state index in [-0.39, 0.29) is 17.3 Å². The molecule has 8 nitrogen and oxygen atoms in total. The van der Waals surface area contributed by atoms with Gasteiger partial charge < -0.3 is 10.6 Å². The Kier molecular flexibility index (Phi) is 6.45. The van der Waals surface area contributed by atoms with Crippen LogP contribution in [0.15, 0.2) is 40.7 Å². The van der Waals surface area contributed by atoms with Crippen molar-refractivity contribution in [2.45, 2.75) is 25.1 Å². The highest BCUT2D eigenvalue weighted by atomic mass is 32.2. The third-order valence-electron chi connectivity index (χ3n) is 4.20. The molecule has 1 aromatic heterocycles. The molecule has 0 saturated heterocycles. The standard InChI is InChI=1S/C19H19N5O3S2/c1-11-4-6-14(8-13(11)3)20-18-22-23-19(29-18)28-10-17(25)21-16-9-15(24(26)27)7-5-12(16)2/h4-9H,10H2,1-3H3,(H,20,22)(H,21,25). The van der Waals surface area contributed by atoms with Gasteiger partial charge in [-0.2, -0.15) is 0 Å². The number of carbonyl (C=O) groups excluding carboxylic acids is 1. The van der Waals surface area contributed by atoms with Crippen LogP contribution in [0.2, 0.25) is 0 Å². The van der Waals surface area contributed by atoms with E-state index in [9.17, 15) is 14.9 Å². The Balaban J connectivity index is 1.56. The van der Waals surface area contributed by atoms with Gasteiger partial charge in [-0.05, 0) is 49.6 Å². The van der Waals surface area contributed by atoms with Crippen LogP contribution in [0, 0.1) is 30.9 Å². The van der Waals surface area contributed by atoms with Crippen LogP contribution < -0.4 is 10.6 Å². The van der Waals surface area contributed by atoms with Crippen molar-refractivity contribution < 1.29 is 9.72 Å². The van der Waals surface area contributed by atoms with Gasteiger partial charge in [0.2, 0.25) is 11.0 Å². The fraction of sp³-hybridized carbons (Fsp3) is 0.211. The van der Waals surface area contributed by atoms with E-state index in [1.54, 1.807) is 13.0 Å². The van der Waals surface area contributed by atoms with Gasteiger partial charge >= 0.3 is 0 Å². The van der Waals surface area contributed by atoms with Crippen LogP contribution in [0.5, 0.6) is 0 Å². The quantitative estimate of drug-likeness (QED) is 0.314. The molecule has 10 heteroatoms. The predicted octanol–water partition coefficient (Wildman–Crippen LogP) is 4.85. The number of rotatable bonds is 7. The van der Waals surface area contributed by atoms with Gasteiger partial charge in [0.15, 0.2) is 4.34 Å². The lowest BCUT2D eigenvalue weighted by Gasteiger charge is -2.07. The largest absolute Gasteiger partial charge is 0.330 e. The van der Waals surface area contributed by atoms with Crippen molar-refractivity contribution in [3.8, 4) is 0 Å². The maximum Gasteiger partial charge on any atom is 0.271 e. The van der Waals surface area contributed by atoms with Crippen molar-refractivity contribution in [2.24, 2.45) is 0 Å². The van der Waals surface area contributed by atoms with Crippen LogP contribution in [-0.4, -0.2) is 26.8 Å². The molecule has 2 aromatic carbocycles. The third-order valence-corrected chi connectivity index (χ3v) is 6.17. The number of aromatic nitrogens is 2. The lowest BCUT2D eigenvalue weighted by Crippen LogP contribution is -2.15. The number of non-ortho nitro benzene ring substituents is 1. The first kappa shape index (κ1) is 20.7. The van der Waals surface area contributed by atoms with E-state index in [1.807, 2.05) is 25.1 Å². The highest BCUT2D eigenvalue weighted by Crippen LogP contribution is 2.29. The van der Waals surface area contributed by atoms with E-state index in [0.717, 1.165) is 11.3 Å². The molecule has 0 unspecified atom stereocenters. The summed E-state index contributed by atoms with van der Waals surface area (Å²) >= 11 is 2.62. The number of hydrogen-bond acceptors (Lipinski definition) is 8. The second kappa shape index (κ2) is 9.01. The first-order chi connectivity index (χ1) is 13.8. The zero-order valence-electron chi connectivity index (χ0n) is 16.1. The van der Waals surface area contributed by atoms with Crippen LogP contribution in [0.25, 0.3) is 0 Å². The molecular weight excluding hydrogens is 410 g/mol. The Morgan fingerprint density at radius 3 is 2.59 bits per heavy atom. The monoisotopic (exact) mass is 429 g/mol. The average molecular weight is 430 g/mol. The number of benzene rings is 2. The van der Waals surface area contributed by atoms with Gasteiger partial charge in [-0.1, -0.05) is 35.2 Å². The normalized spacial score (nSPS) is 10.6. The molecule has 0 aliphatic rings. The minimum Gasteiger partial charge on any atom is -0.330 e. The Morgan fingerprint density at radius 1 is 1.10 bits per heavy atom. The maximum atomic E-state index is 12.2. The number of anilines is 3. The highest BCUT2D eigenvalue weighted by molar-refractivity contribution is 8.01. The summed E-state index contributed by atoms with van der Waals surface area (Å²) in [7, 11) is 0. The molecule has 1 amide bonds. The lowest BCUT2D eigenvalue weighted by atomic mass is 10.1. The number of amides is 1. The number of aryl methyl sites for hydroxylation is 3. The summed E-state index contributed by atoms with van der Waals surface area (Å²) in [6.07, 6.45) is 0. The molecule has 150 valence electrons. The van der Waals surface area contributed by atoms with Crippen LogP contribution in [0.1, 0.15) is 16.7 Å². The van der Waals surface area contributed by atoms with Crippen molar-refractivity contribution in [3.63, 3.8) is 0 Å². The summed E-state index contributed by atoms with van der Waals surface area (Å²) in [4.78, 5) is 22.6. The zero-order valence-corrected chi connectivity index (χ0v) is 17.7. The summed E-state index contributed by atoms with van der Waals surface area (Å²) in [6.45, 7) is 5.88. The van der Waals surface area contributed by atoms with Gasteiger partial charge in [0.05, 0.1) is 16.4 Å². The molecule has 0 fully saturated rings. The Morgan fingerprint density at radius 2 is 1.86 bits per heavy atom. The van der Waals surface area contributed by atoms with Gasteiger partial charge in [0, 0.05) is 17.8 Å². The zero-order chi connectivity index (χ0) is 21.0. The summed E-state index contributed by atoms with van der Waals surface area (Å²) < 4.78 is 0.655. The van der Waals surface area contributed by atoms with E-state index in [1.165, 1.54) is 46.4 Å². The average Bonchev–Trinajstić information content (AvgIpc) is 3.12. The first-order valence-corrected chi connectivity index (χ1v) is 10.5. The number of nitrogens with one attached hydrogen (secondary N) is 2. The van der Waals surface area contributed by atoms with Crippen molar-refractivity contribution in [2.75, 3.05) is 16.4 Å². The fourth-order valence-corrected chi connectivity index (χ4v) is 4.01.